The van der Waals surface area contributed by atoms with Crippen molar-refractivity contribution in [2.24, 2.45) is 0 Å². The number of aryl methyl sites for hydroxylation is 1. The summed E-state index contributed by atoms with van der Waals surface area (Å²) in [6.07, 6.45) is 0. The monoisotopic (exact) mass is 272 g/mol. The van der Waals surface area contributed by atoms with E-state index in [0.717, 1.165) is 5.56 Å². The van der Waals surface area contributed by atoms with Gasteiger partial charge >= 0.3 is 0 Å². The van der Waals surface area contributed by atoms with Crippen LogP contribution in [0, 0.1) is 13.0 Å². The molecule has 101 valence electrons. The molecule has 0 saturated carbocycles. The second kappa shape index (κ2) is 6.17. The molecule has 0 bridgehead atoms. The topological polar surface area (TPSA) is 66.8 Å². The van der Waals surface area contributed by atoms with E-state index in [-0.39, 0.29) is 19.0 Å². The van der Waals surface area contributed by atoms with Gasteiger partial charge in [-0.25, -0.2) is 12.7 Å². The van der Waals surface area contributed by atoms with E-state index in [0.29, 0.717) is 11.3 Å². The maximum atomic E-state index is 11.5. The molecule has 5 nitrogen and oxygen atoms in total. The van der Waals surface area contributed by atoms with Crippen LogP contribution < -0.4 is 4.74 Å². The number of aliphatic hydroxyl groups excluding tert-OH is 1. The van der Waals surface area contributed by atoms with E-state index in [4.69, 9.17) is 9.84 Å². The van der Waals surface area contributed by atoms with E-state index in [1.807, 2.05) is 6.92 Å². The lowest BCUT2D eigenvalue weighted by molar-refractivity contribution is 0.279. The highest BCUT2D eigenvalue weighted by Crippen LogP contribution is 2.16. The van der Waals surface area contributed by atoms with Gasteiger partial charge in [0, 0.05) is 14.1 Å². The van der Waals surface area contributed by atoms with Gasteiger partial charge in [0.1, 0.15) is 12.4 Å². The van der Waals surface area contributed by atoms with Gasteiger partial charge in [0.25, 0.3) is 0 Å². The van der Waals surface area contributed by atoms with Crippen LogP contribution in [0.4, 0.5) is 0 Å². The molecule has 6 heteroatoms. The summed E-state index contributed by atoms with van der Waals surface area (Å²) < 4.78 is 29.6. The number of hydrogen-bond donors (Lipinski definition) is 1. The number of hydrogen-bond acceptors (Lipinski definition) is 4. The van der Waals surface area contributed by atoms with Crippen molar-refractivity contribution in [1.29, 1.82) is 0 Å². The fourth-order valence-corrected chi connectivity index (χ4v) is 2.03. The number of rotatable bonds is 6. The molecule has 1 aromatic rings. The Bertz CT molecular complexity index is 497. The molecule has 18 heavy (non-hydrogen) atoms. The molecule has 0 aliphatic carbocycles. The molecule has 0 saturated heterocycles. The smallest absolute Gasteiger partial charge is 0.216 e. The largest absolute Gasteiger partial charge is 0.492 e. The van der Waals surface area contributed by atoms with Crippen molar-refractivity contribution in [3.63, 3.8) is 0 Å². The van der Waals surface area contributed by atoms with Crippen molar-refractivity contribution in [3.05, 3.63) is 29.3 Å². The molecule has 0 amide bonds. The highest BCUT2D eigenvalue weighted by Gasteiger charge is 2.13. The fraction of sp³-hybridized carbons (Fsp3) is 0.500. The Morgan fingerprint density at radius 3 is 2.61 bits per heavy atom. The second-order valence-electron chi connectivity index (χ2n) is 4.13. The lowest BCUT2D eigenvalue weighted by atomic mass is 10.1. The van der Waals surface area contributed by atoms with Gasteiger partial charge in [-0.3, -0.25) is 0 Å². The first-order chi connectivity index (χ1) is 8.35. The molecule has 1 N–H and O–H groups in total. The summed E-state index contributed by atoms with van der Waals surface area (Å²) in [5, 5.41) is 9.02. The van der Waals surface area contributed by atoms with Crippen LogP contribution in [0.1, 0.15) is 11.1 Å². The van der Waals surface area contributed by atoms with Crippen molar-refractivity contribution >= 4 is 10.0 Å². The van der Waals surface area contributed by atoms with Gasteiger partial charge in [-0.1, -0.05) is 0 Å². The van der Waals surface area contributed by atoms with Crippen LogP contribution in [0.25, 0.3) is 0 Å². The van der Waals surface area contributed by atoms with Gasteiger partial charge in [-0.15, -0.1) is 0 Å². The quantitative estimate of drug-likeness (QED) is 0.821. The summed E-state index contributed by atoms with van der Waals surface area (Å²) in [5.74, 6) is 0.468. The van der Waals surface area contributed by atoms with Crippen molar-refractivity contribution < 1.29 is 18.3 Å². The van der Waals surface area contributed by atoms with Gasteiger partial charge < -0.3 is 9.84 Å². The average molecular weight is 272 g/mol. The first-order valence-electron chi connectivity index (χ1n) is 5.52. The van der Waals surface area contributed by atoms with Crippen LogP contribution in [0.15, 0.2) is 12.1 Å². The van der Waals surface area contributed by atoms with E-state index < -0.39 is 10.0 Å². The van der Waals surface area contributed by atoms with Gasteiger partial charge in [0.2, 0.25) is 10.0 Å². The SMILES string of the molecule is Cc1[c]c(CO)cc(OCCS(=O)(=O)N(C)C)c1. The molecule has 0 spiro atoms. The summed E-state index contributed by atoms with van der Waals surface area (Å²) in [5.41, 5.74) is 1.47. The minimum Gasteiger partial charge on any atom is -0.492 e. The average Bonchev–Trinajstić information content (AvgIpc) is 2.27. The predicted molar refractivity (Wildman–Crippen MR) is 68.9 cm³/mol. The highest BCUT2D eigenvalue weighted by atomic mass is 32.2. The Morgan fingerprint density at radius 1 is 1.39 bits per heavy atom. The van der Waals surface area contributed by atoms with Crippen LogP contribution in [0.2, 0.25) is 0 Å². The minimum atomic E-state index is -3.24. The molecule has 1 aromatic carbocycles. The molecule has 0 aromatic heterocycles. The third kappa shape index (κ3) is 4.29. The molecule has 0 heterocycles. The number of nitrogens with zero attached hydrogens (tertiary/aromatic N) is 1. The molecule has 1 radical (unpaired) electrons. The molecular formula is C12H18NO4S. The maximum absolute atomic E-state index is 11.5. The van der Waals surface area contributed by atoms with E-state index >= 15 is 0 Å². The van der Waals surface area contributed by atoms with Gasteiger partial charge in [-0.2, -0.15) is 0 Å². The summed E-state index contributed by atoms with van der Waals surface area (Å²) in [4.78, 5) is 0. The summed E-state index contributed by atoms with van der Waals surface area (Å²) in [7, 11) is -0.269. The van der Waals surface area contributed by atoms with Gasteiger partial charge in [0.05, 0.1) is 12.4 Å². The third-order valence-electron chi connectivity index (χ3n) is 2.37. The molecule has 0 aliphatic rings. The Balaban J connectivity index is 2.62. The van der Waals surface area contributed by atoms with Crippen molar-refractivity contribution in [1.82, 2.24) is 4.31 Å². The van der Waals surface area contributed by atoms with E-state index in [2.05, 4.69) is 6.07 Å². The van der Waals surface area contributed by atoms with E-state index in [1.165, 1.54) is 18.4 Å². The molecule has 0 unspecified atom stereocenters. The first-order valence-corrected chi connectivity index (χ1v) is 7.13. The number of sulfonamides is 1. The highest BCUT2D eigenvalue weighted by molar-refractivity contribution is 7.89. The zero-order valence-electron chi connectivity index (χ0n) is 10.8. The zero-order valence-corrected chi connectivity index (χ0v) is 11.6. The summed E-state index contributed by atoms with van der Waals surface area (Å²) >= 11 is 0. The Labute approximate surface area is 108 Å². The number of ether oxygens (including phenoxy) is 1. The number of benzene rings is 1. The van der Waals surface area contributed by atoms with Crippen LogP contribution in [-0.4, -0.2) is 44.3 Å². The summed E-state index contributed by atoms with van der Waals surface area (Å²) in [6.45, 7) is 1.80. The Kier molecular flexibility index (Phi) is 5.13. The van der Waals surface area contributed by atoms with Crippen LogP contribution in [0.5, 0.6) is 5.75 Å². The Morgan fingerprint density at radius 2 is 2.06 bits per heavy atom. The predicted octanol–water partition coefficient (Wildman–Crippen LogP) is 0.558. The van der Waals surface area contributed by atoms with Crippen molar-refractivity contribution in [2.45, 2.75) is 13.5 Å². The van der Waals surface area contributed by atoms with Crippen molar-refractivity contribution in [2.75, 3.05) is 26.5 Å². The Hall–Kier alpha value is -1.11. The molecular weight excluding hydrogens is 254 g/mol. The van der Waals surface area contributed by atoms with E-state index in [1.54, 1.807) is 12.1 Å². The molecule has 0 atom stereocenters. The normalized spacial score (nSPS) is 11.8. The zero-order chi connectivity index (χ0) is 13.8. The fourth-order valence-electron chi connectivity index (χ4n) is 1.37. The lowest BCUT2D eigenvalue weighted by Crippen LogP contribution is -2.27. The second-order valence-corrected chi connectivity index (χ2v) is 6.43. The number of aliphatic hydroxyl groups is 1. The lowest BCUT2D eigenvalue weighted by Gasteiger charge is -2.12. The van der Waals surface area contributed by atoms with Crippen LogP contribution in [-0.2, 0) is 16.6 Å². The first kappa shape index (κ1) is 14.9. The molecule has 1 rings (SSSR count). The summed E-state index contributed by atoms with van der Waals surface area (Å²) in [6, 6.07) is 6.37. The standard InChI is InChI=1S/C12H18NO4S/c1-10-6-11(9-14)8-12(7-10)17-4-5-18(15,16)13(2)3/h7-8,14H,4-5,9H2,1-3H3. The van der Waals surface area contributed by atoms with Crippen LogP contribution >= 0.6 is 0 Å². The molecule has 0 fully saturated rings. The maximum Gasteiger partial charge on any atom is 0.216 e. The minimum absolute atomic E-state index is 0.0773. The van der Waals surface area contributed by atoms with Gasteiger partial charge in [-0.05, 0) is 36.2 Å². The van der Waals surface area contributed by atoms with Gasteiger partial charge in [0.15, 0.2) is 0 Å². The van der Waals surface area contributed by atoms with Crippen molar-refractivity contribution in [3.8, 4) is 5.75 Å². The third-order valence-corrected chi connectivity index (χ3v) is 4.16. The molecule has 0 aliphatic heterocycles. The van der Waals surface area contributed by atoms with E-state index in [9.17, 15) is 8.42 Å². The van der Waals surface area contributed by atoms with Crippen LogP contribution in [0.3, 0.4) is 0 Å².